The number of fused-ring (bicyclic) bond motifs is 6. The van der Waals surface area contributed by atoms with E-state index in [0.29, 0.717) is 11.1 Å². The van der Waals surface area contributed by atoms with Crippen molar-refractivity contribution in [2.75, 3.05) is 0 Å². The average molecular weight is 454 g/mol. The van der Waals surface area contributed by atoms with Gasteiger partial charge in [0, 0.05) is 39.4 Å². The van der Waals surface area contributed by atoms with Crippen LogP contribution in [0.25, 0.3) is 60.6 Å². The lowest BCUT2D eigenvalue weighted by Crippen LogP contribution is -1.93. The molecular weight excluding hydrogens is 436 g/mol. The Labute approximate surface area is 199 Å². The van der Waals surface area contributed by atoms with E-state index in [0.717, 1.165) is 38.6 Å². The molecule has 166 valence electrons. The fourth-order valence-corrected chi connectivity index (χ4v) is 5.15. The number of hydrogen-bond donors (Lipinski definition) is 0. The highest BCUT2D eigenvalue weighted by Crippen LogP contribution is 2.37. The van der Waals surface area contributed by atoms with Gasteiger partial charge in [-0.25, -0.2) is 0 Å². The van der Waals surface area contributed by atoms with Gasteiger partial charge in [-0.15, -0.1) is 0 Å². The molecule has 0 radical (unpaired) electrons. The summed E-state index contributed by atoms with van der Waals surface area (Å²) in [5.41, 5.74) is 6.20. The minimum absolute atomic E-state index is 0.0802. The Morgan fingerprint density at radius 3 is 1.94 bits per heavy atom. The summed E-state index contributed by atoms with van der Waals surface area (Å²) in [5, 5.41) is 15.9. The first-order valence-corrected chi connectivity index (χ1v) is 11.4. The molecule has 5 aromatic carbocycles. The molecule has 0 atom stereocenters. The fraction of sp³-hybridized carbons (Fsp3) is 0. The molecule has 0 aliphatic rings. The molecule has 0 N–H and O–H groups in total. The molecule has 0 bridgehead atoms. The van der Waals surface area contributed by atoms with Crippen LogP contribution >= 0.6 is 0 Å². The van der Waals surface area contributed by atoms with Crippen LogP contribution in [0.4, 0.5) is 5.69 Å². The number of nitro benzene ring substituents is 1. The number of furan rings is 1. The summed E-state index contributed by atoms with van der Waals surface area (Å²) >= 11 is 0. The maximum absolute atomic E-state index is 11.5. The Morgan fingerprint density at radius 1 is 0.629 bits per heavy atom. The van der Waals surface area contributed by atoms with Crippen molar-refractivity contribution in [3.63, 3.8) is 0 Å². The van der Waals surface area contributed by atoms with Crippen molar-refractivity contribution in [1.29, 1.82) is 0 Å². The third kappa shape index (κ3) is 2.88. The monoisotopic (exact) mass is 454 g/mol. The predicted octanol–water partition coefficient (Wildman–Crippen LogP) is 8.26. The molecular formula is C30H18N2O3. The first-order valence-electron chi connectivity index (χ1n) is 11.4. The minimum Gasteiger partial charge on any atom is -0.456 e. The summed E-state index contributed by atoms with van der Waals surface area (Å²) < 4.78 is 8.55. The van der Waals surface area contributed by atoms with Crippen molar-refractivity contribution >= 4 is 49.4 Å². The molecule has 0 aliphatic heterocycles. The number of nitrogens with zero attached hydrogens (tertiary/aromatic N) is 2. The van der Waals surface area contributed by atoms with Gasteiger partial charge in [0.1, 0.15) is 11.2 Å². The second-order valence-electron chi connectivity index (χ2n) is 8.64. The highest BCUT2D eigenvalue weighted by Gasteiger charge is 2.17. The zero-order valence-corrected chi connectivity index (χ0v) is 18.5. The molecule has 0 unspecified atom stereocenters. The first kappa shape index (κ1) is 19.6. The van der Waals surface area contributed by atoms with Crippen LogP contribution in [-0.2, 0) is 0 Å². The molecule has 0 saturated carbocycles. The van der Waals surface area contributed by atoms with Gasteiger partial charge >= 0.3 is 0 Å². The van der Waals surface area contributed by atoms with Crippen molar-refractivity contribution in [3.05, 3.63) is 119 Å². The Bertz CT molecular complexity index is 1890. The van der Waals surface area contributed by atoms with Crippen LogP contribution in [0.5, 0.6) is 0 Å². The van der Waals surface area contributed by atoms with Crippen LogP contribution in [0.2, 0.25) is 0 Å². The largest absolute Gasteiger partial charge is 0.456 e. The molecule has 0 spiro atoms. The molecule has 35 heavy (non-hydrogen) atoms. The minimum atomic E-state index is -0.351. The summed E-state index contributed by atoms with van der Waals surface area (Å²) in [6.07, 6.45) is 0. The topological polar surface area (TPSA) is 61.2 Å². The SMILES string of the molecule is O=[N+]([O-])c1ccccc1-c1ccc2c(c1)oc1cc(-n3c4ccccc4c4ccccc43)ccc12. The molecule has 0 aliphatic carbocycles. The van der Waals surface area contributed by atoms with E-state index < -0.39 is 0 Å². The molecule has 5 heteroatoms. The smallest absolute Gasteiger partial charge is 0.277 e. The van der Waals surface area contributed by atoms with Gasteiger partial charge in [-0.05, 0) is 48.0 Å². The molecule has 2 heterocycles. The number of para-hydroxylation sites is 3. The van der Waals surface area contributed by atoms with E-state index in [9.17, 15) is 10.1 Å². The highest BCUT2D eigenvalue weighted by molar-refractivity contribution is 6.10. The molecule has 7 aromatic rings. The molecule has 5 nitrogen and oxygen atoms in total. The third-order valence-electron chi connectivity index (χ3n) is 6.71. The van der Waals surface area contributed by atoms with Crippen LogP contribution in [0.3, 0.4) is 0 Å². The average Bonchev–Trinajstić information content (AvgIpc) is 3.43. The van der Waals surface area contributed by atoms with Crippen molar-refractivity contribution in [2.24, 2.45) is 0 Å². The van der Waals surface area contributed by atoms with E-state index in [4.69, 9.17) is 4.42 Å². The maximum Gasteiger partial charge on any atom is 0.277 e. The van der Waals surface area contributed by atoms with Gasteiger partial charge in [0.25, 0.3) is 5.69 Å². The molecule has 2 aromatic heterocycles. The number of nitro groups is 1. The Morgan fingerprint density at radius 2 is 1.23 bits per heavy atom. The zero-order valence-electron chi connectivity index (χ0n) is 18.5. The quantitative estimate of drug-likeness (QED) is 0.199. The van der Waals surface area contributed by atoms with Crippen LogP contribution in [0.1, 0.15) is 0 Å². The first-order chi connectivity index (χ1) is 17.2. The lowest BCUT2D eigenvalue weighted by atomic mass is 10.0. The van der Waals surface area contributed by atoms with Crippen molar-refractivity contribution in [2.45, 2.75) is 0 Å². The van der Waals surface area contributed by atoms with Gasteiger partial charge < -0.3 is 8.98 Å². The van der Waals surface area contributed by atoms with Crippen LogP contribution in [0, 0.1) is 10.1 Å². The van der Waals surface area contributed by atoms with Gasteiger partial charge in [0.05, 0.1) is 21.5 Å². The molecule has 0 fully saturated rings. The fourth-order valence-electron chi connectivity index (χ4n) is 5.15. The maximum atomic E-state index is 11.5. The molecule has 0 amide bonds. The molecule has 0 saturated heterocycles. The Balaban J connectivity index is 1.43. The van der Waals surface area contributed by atoms with E-state index in [1.165, 1.54) is 16.8 Å². The van der Waals surface area contributed by atoms with Gasteiger partial charge in [-0.3, -0.25) is 10.1 Å². The Kier molecular flexibility index (Phi) is 4.08. The van der Waals surface area contributed by atoms with Gasteiger partial charge in [-0.1, -0.05) is 54.6 Å². The van der Waals surface area contributed by atoms with Crippen molar-refractivity contribution in [1.82, 2.24) is 4.57 Å². The number of benzene rings is 5. The molecule has 7 rings (SSSR count). The lowest BCUT2D eigenvalue weighted by molar-refractivity contribution is -0.384. The van der Waals surface area contributed by atoms with Crippen molar-refractivity contribution < 1.29 is 9.34 Å². The van der Waals surface area contributed by atoms with E-state index in [1.807, 2.05) is 24.3 Å². The van der Waals surface area contributed by atoms with E-state index in [-0.39, 0.29) is 10.6 Å². The van der Waals surface area contributed by atoms with E-state index in [2.05, 4.69) is 71.3 Å². The summed E-state index contributed by atoms with van der Waals surface area (Å²) in [6, 6.07) is 35.7. The lowest BCUT2D eigenvalue weighted by Gasteiger charge is -2.07. The number of hydrogen-bond acceptors (Lipinski definition) is 3. The summed E-state index contributed by atoms with van der Waals surface area (Å²) in [5.74, 6) is 0. The van der Waals surface area contributed by atoms with Gasteiger partial charge in [-0.2, -0.15) is 0 Å². The Hall–Kier alpha value is -4.90. The van der Waals surface area contributed by atoms with Gasteiger partial charge in [0.15, 0.2) is 0 Å². The number of rotatable bonds is 3. The third-order valence-corrected chi connectivity index (χ3v) is 6.71. The second kappa shape index (κ2) is 7.30. The van der Waals surface area contributed by atoms with Crippen LogP contribution in [-0.4, -0.2) is 9.49 Å². The van der Waals surface area contributed by atoms with Gasteiger partial charge in [0.2, 0.25) is 0 Å². The highest BCUT2D eigenvalue weighted by atomic mass is 16.6. The summed E-state index contributed by atoms with van der Waals surface area (Å²) in [7, 11) is 0. The van der Waals surface area contributed by atoms with Crippen LogP contribution in [0.15, 0.2) is 114 Å². The van der Waals surface area contributed by atoms with Crippen LogP contribution < -0.4 is 0 Å². The summed E-state index contributed by atoms with van der Waals surface area (Å²) in [6.45, 7) is 0. The number of aromatic nitrogens is 1. The predicted molar refractivity (Wildman–Crippen MR) is 140 cm³/mol. The summed E-state index contributed by atoms with van der Waals surface area (Å²) in [4.78, 5) is 11.2. The van der Waals surface area contributed by atoms with E-state index in [1.54, 1.807) is 12.1 Å². The zero-order chi connectivity index (χ0) is 23.5. The normalized spacial score (nSPS) is 11.7. The second-order valence-corrected chi connectivity index (χ2v) is 8.64. The van der Waals surface area contributed by atoms with E-state index >= 15 is 0 Å². The van der Waals surface area contributed by atoms with Crippen molar-refractivity contribution in [3.8, 4) is 16.8 Å². The standard InChI is InChI=1S/C30H18N2O3/c33-32(34)28-12-6-1-7-21(28)19-13-15-24-25-16-14-20(18-30(25)35-29(24)17-19)31-26-10-4-2-8-22(26)23-9-3-5-11-27(23)31/h1-18H.